The van der Waals surface area contributed by atoms with E-state index in [1.807, 2.05) is 11.6 Å². The molecule has 0 amide bonds. The summed E-state index contributed by atoms with van der Waals surface area (Å²) in [5, 5.41) is 0. The summed E-state index contributed by atoms with van der Waals surface area (Å²) in [5.74, 6) is -0.323. The number of aromatic nitrogens is 2. The predicted molar refractivity (Wildman–Crippen MR) is 59.7 cm³/mol. The first-order valence-electron chi connectivity index (χ1n) is 4.73. The van der Waals surface area contributed by atoms with Crippen molar-refractivity contribution in [1.29, 1.82) is 0 Å². The number of hydrogen-bond acceptors (Lipinski definition) is 3. The first kappa shape index (κ1) is 12.5. The fraction of sp³-hybridized carbons (Fsp3) is 0.600. The summed E-state index contributed by atoms with van der Waals surface area (Å²) < 4.78 is 8.05. The van der Waals surface area contributed by atoms with Crippen LogP contribution in [0, 0.1) is 0 Å². The molecule has 0 fully saturated rings. The van der Waals surface area contributed by atoms with Crippen molar-refractivity contribution < 1.29 is 9.53 Å². The Balaban J connectivity index is 3.05. The number of methoxy groups -OCH3 is 1. The Bertz CT molecular complexity index is 366. The molecular weight excluding hydrogens is 299 g/mol. The number of hydrogen-bond donors (Lipinski definition) is 0. The van der Waals surface area contributed by atoms with Gasteiger partial charge in [0.25, 0.3) is 0 Å². The van der Waals surface area contributed by atoms with Gasteiger partial charge in [-0.1, -0.05) is 0 Å². The molecule has 0 aliphatic rings. The minimum absolute atomic E-state index is 0.292. The Morgan fingerprint density at radius 1 is 1.53 bits per heavy atom. The maximum absolute atomic E-state index is 11.5. The zero-order valence-electron chi connectivity index (χ0n) is 9.79. The Morgan fingerprint density at radius 2 is 2.13 bits per heavy atom. The van der Waals surface area contributed by atoms with Crippen molar-refractivity contribution in [3.05, 3.63) is 12.0 Å². The molecule has 0 saturated carbocycles. The molecule has 5 heteroatoms. The van der Waals surface area contributed by atoms with Gasteiger partial charge in [0.15, 0.2) is 0 Å². The van der Waals surface area contributed by atoms with Crippen LogP contribution in [0.4, 0.5) is 0 Å². The van der Waals surface area contributed by atoms with Gasteiger partial charge in [-0.3, -0.25) is 0 Å². The number of esters is 1. The SMILES string of the molecule is COC(=O)c1ncn(C)[c]1[Sn][C](C)(C)C. The molecule has 1 heterocycles. The molecule has 0 aliphatic carbocycles. The van der Waals surface area contributed by atoms with E-state index in [9.17, 15) is 4.79 Å². The van der Waals surface area contributed by atoms with Crippen LogP contribution in [0.25, 0.3) is 0 Å². The molecule has 15 heavy (non-hydrogen) atoms. The number of imidazole rings is 1. The topological polar surface area (TPSA) is 44.1 Å². The van der Waals surface area contributed by atoms with E-state index in [4.69, 9.17) is 4.74 Å². The average Bonchev–Trinajstić information content (AvgIpc) is 2.45. The molecule has 2 radical (unpaired) electrons. The van der Waals surface area contributed by atoms with Crippen LogP contribution < -0.4 is 3.71 Å². The molecule has 1 rings (SSSR count). The number of rotatable bonds is 2. The summed E-state index contributed by atoms with van der Waals surface area (Å²) in [7, 11) is 3.32. The predicted octanol–water partition coefficient (Wildman–Crippen LogP) is 0.755. The molecule has 0 spiro atoms. The van der Waals surface area contributed by atoms with E-state index in [-0.39, 0.29) is 5.97 Å². The second-order valence-corrected chi connectivity index (χ2v) is 10.8. The molecule has 0 aliphatic heterocycles. The third-order valence-electron chi connectivity index (χ3n) is 1.81. The van der Waals surface area contributed by atoms with Gasteiger partial charge in [0.05, 0.1) is 0 Å². The zero-order chi connectivity index (χ0) is 11.6. The van der Waals surface area contributed by atoms with Gasteiger partial charge in [-0.15, -0.1) is 0 Å². The van der Waals surface area contributed by atoms with Crippen LogP contribution in [0.3, 0.4) is 0 Å². The molecule has 0 bridgehead atoms. The van der Waals surface area contributed by atoms with E-state index < -0.39 is 21.1 Å². The van der Waals surface area contributed by atoms with E-state index in [1.54, 1.807) is 6.33 Å². The second kappa shape index (κ2) is 4.55. The fourth-order valence-corrected chi connectivity index (χ4v) is 4.69. The van der Waals surface area contributed by atoms with Crippen molar-refractivity contribution in [1.82, 2.24) is 9.55 Å². The monoisotopic (exact) mass is 316 g/mol. The van der Waals surface area contributed by atoms with E-state index in [2.05, 4.69) is 25.8 Å². The maximum atomic E-state index is 11.5. The van der Waals surface area contributed by atoms with Gasteiger partial charge in [0, 0.05) is 0 Å². The van der Waals surface area contributed by atoms with Gasteiger partial charge in [-0.25, -0.2) is 0 Å². The van der Waals surface area contributed by atoms with Gasteiger partial charge in [-0.05, 0) is 0 Å². The molecule has 0 unspecified atom stereocenters. The quantitative estimate of drug-likeness (QED) is 0.598. The van der Waals surface area contributed by atoms with Crippen LogP contribution in [-0.4, -0.2) is 43.8 Å². The van der Waals surface area contributed by atoms with Crippen LogP contribution in [0.2, 0.25) is 3.43 Å². The number of aryl methyl sites for hydroxylation is 1. The van der Waals surface area contributed by atoms with E-state index in [0.29, 0.717) is 9.12 Å². The molecule has 0 saturated heterocycles. The molecule has 4 nitrogen and oxygen atoms in total. The standard InChI is InChI=1S/C6H7N2O2.C4H9.Sn/c1-8-3-5(7-4-8)6(9)10-2;1-4(2)3;/h4H,1-2H3;1-3H3;. The van der Waals surface area contributed by atoms with Crippen molar-refractivity contribution in [2.24, 2.45) is 7.05 Å². The molecule has 82 valence electrons. The third-order valence-corrected chi connectivity index (χ3v) is 6.31. The van der Waals surface area contributed by atoms with Crippen LogP contribution in [0.15, 0.2) is 6.33 Å². The third kappa shape index (κ3) is 3.22. The van der Waals surface area contributed by atoms with Crippen molar-refractivity contribution in [3.63, 3.8) is 0 Å². The van der Waals surface area contributed by atoms with E-state index >= 15 is 0 Å². The summed E-state index contributed by atoms with van der Waals surface area (Å²) in [5.41, 5.74) is 0.501. The van der Waals surface area contributed by atoms with Gasteiger partial charge in [-0.2, -0.15) is 0 Å². The van der Waals surface area contributed by atoms with Crippen LogP contribution in [-0.2, 0) is 11.8 Å². The second-order valence-electron chi connectivity index (χ2n) is 4.42. The van der Waals surface area contributed by atoms with E-state index in [0.717, 1.165) is 3.71 Å². The summed E-state index contributed by atoms with van der Waals surface area (Å²) in [6, 6.07) is 0. The molecular formula is C10H16N2O2Sn. The Labute approximate surface area is 100 Å². The normalized spacial score (nSPS) is 11.5. The minimum atomic E-state index is -0.842. The molecule has 0 aromatic carbocycles. The van der Waals surface area contributed by atoms with Gasteiger partial charge in [0.2, 0.25) is 0 Å². The summed E-state index contributed by atoms with van der Waals surface area (Å²) in [6.07, 6.45) is 1.69. The van der Waals surface area contributed by atoms with Crippen molar-refractivity contribution >= 4 is 30.8 Å². The van der Waals surface area contributed by atoms with Crippen LogP contribution in [0.5, 0.6) is 0 Å². The zero-order valence-corrected chi connectivity index (χ0v) is 12.6. The van der Waals surface area contributed by atoms with Crippen molar-refractivity contribution in [2.45, 2.75) is 24.2 Å². The van der Waals surface area contributed by atoms with Gasteiger partial charge >= 0.3 is 100 Å². The summed E-state index contributed by atoms with van der Waals surface area (Å²) >= 11 is -0.842. The fourth-order valence-electron chi connectivity index (χ4n) is 1.18. The van der Waals surface area contributed by atoms with Crippen LogP contribution in [0.1, 0.15) is 31.3 Å². The molecule has 0 atom stereocenters. The number of nitrogens with zero attached hydrogens (tertiary/aromatic N) is 2. The molecule has 1 aromatic heterocycles. The summed E-state index contributed by atoms with van der Waals surface area (Å²) in [6.45, 7) is 6.60. The number of carbonyl (C=O) groups excluding carboxylic acids is 1. The van der Waals surface area contributed by atoms with Crippen molar-refractivity contribution in [3.8, 4) is 0 Å². The van der Waals surface area contributed by atoms with E-state index in [1.165, 1.54) is 7.11 Å². The first-order valence-corrected chi connectivity index (χ1v) is 7.58. The average molecular weight is 315 g/mol. The van der Waals surface area contributed by atoms with Gasteiger partial charge < -0.3 is 0 Å². The van der Waals surface area contributed by atoms with Gasteiger partial charge in [0.1, 0.15) is 0 Å². The molecule has 1 aromatic rings. The number of carbonyl (C=O) groups is 1. The molecule has 0 N–H and O–H groups in total. The van der Waals surface area contributed by atoms with Crippen molar-refractivity contribution in [2.75, 3.05) is 7.11 Å². The van der Waals surface area contributed by atoms with Crippen LogP contribution >= 0.6 is 0 Å². The number of ether oxygens (including phenoxy) is 1. The Hall–Kier alpha value is -0.521. The summed E-state index contributed by atoms with van der Waals surface area (Å²) in [4.78, 5) is 15.6. The Morgan fingerprint density at radius 3 is 2.60 bits per heavy atom. The Kier molecular flexibility index (Phi) is 3.81. The first-order chi connectivity index (χ1) is 6.85.